The van der Waals surface area contributed by atoms with E-state index in [1.165, 1.54) is 12.0 Å². The summed E-state index contributed by atoms with van der Waals surface area (Å²) in [6, 6.07) is 16.3. The molecule has 2 aromatic carbocycles. The van der Waals surface area contributed by atoms with Crippen LogP contribution in [0.3, 0.4) is 0 Å². The molecule has 3 amide bonds. The molecular weight excluding hydrogens is 528 g/mol. The maximum Gasteiger partial charge on any atom is 0.409 e. The molecular formula is C30H34N4O7. The third-order valence-corrected chi connectivity index (χ3v) is 6.95. The van der Waals surface area contributed by atoms with Gasteiger partial charge in [-0.25, -0.2) is 4.79 Å². The largest absolute Gasteiger partial charge is 0.495 e. The maximum absolute atomic E-state index is 14.0. The highest BCUT2D eigenvalue weighted by Crippen LogP contribution is 2.36. The molecule has 1 aliphatic rings. The summed E-state index contributed by atoms with van der Waals surface area (Å²) in [4.78, 5) is 59.5. The van der Waals surface area contributed by atoms with Crippen LogP contribution in [0, 0.1) is 0 Å². The van der Waals surface area contributed by atoms with Gasteiger partial charge in [0.25, 0.3) is 5.91 Å². The highest BCUT2D eigenvalue weighted by molar-refractivity contribution is 6.04. The molecule has 11 heteroatoms. The van der Waals surface area contributed by atoms with Gasteiger partial charge in [-0.05, 0) is 31.0 Å². The molecule has 1 fully saturated rings. The van der Waals surface area contributed by atoms with Crippen molar-refractivity contribution in [3.8, 4) is 5.75 Å². The highest BCUT2D eigenvalue weighted by atomic mass is 16.6. The molecule has 1 atom stereocenters. The number of nitrogens with zero attached hydrogens (tertiary/aromatic N) is 3. The molecule has 1 aromatic heterocycles. The van der Waals surface area contributed by atoms with Gasteiger partial charge in [0.05, 0.1) is 30.8 Å². The van der Waals surface area contributed by atoms with Gasteiger partial charge in [0.1, 0.15) is 17.9 Å². The van der Waals surface area contributed by atoms with E-state index in [1.807, 2.05) is 30.3 Å². The Bertz CT molecular complexity index is 1400. The van der Waals surface area contributed by atoms with Gasteiger partial charge >= 0.3 is 12.1 Å². The molecule has 1 saturated heterocycles. The summed E-state index contributed by atoms with van der Waals surface area (Å²) < 4.78 is 16.1. The monoisotopic (exact) mass is 562 g/mol. The third-order valence-electron chi connectivity index (χ3n) is 6.95. The standard InChI is InChI=1S/C30H34N4O7/c1-3-40-30(38)34-17-15-33(16-18-34)29(37)22(13-14-24(35)41-19-20-9-5-4-6-10-20)26-25(28(31)36)27(39-2)21-11-7-8-12-23(21)32-26/h4-12,22H,3,13-19H2,1-2H3,(H2,31,36). The highest BCUT2D eigenvalue weighted by Gasteiger charge is 2.35. The minimum atomic E-state index is -0.991. The topological polar surface area (TPSA) is 141 Å². The molecule has 41 heavy (non-hydrogen) atoms. The van der Waals surface area contributed by atoms with Crippen molar-refractivity contribution in [1.82, 2.24) is 14.8 Å². The third kappa shape index (κ3) is 6.92. The molecule has 11 nitrogen and oxygen atoms in total. The minimum absolute atomic E-state index is 0.00707. The fraction of sp³-hybridized carbons (Fsp3) is 0.367. The summed E-state index contributed by atoms with van der Waals surface area (Å²) in [7, 11) is 1.42. The molecule has 0 bridgehead atoms. The first-order valence-electron chi connectivity index (χ1n) is 13.5. The number of ether oxygens (including phenoxy) is 3. The number of primary amides is 1. The Hall–Kier alpha value is -4.67. The number of rotatable bonds is 10. The number of carbonyl (C=O) groups excluding carboxylic acids is 4. The summed E-state index contributed by atoms with van der Waals surface area (Å²) >= 11 is 0. The Kier molecular flexibility index (Phi) is 9.73. The summed E-state index contributed by atoms with van der Waals surface area (Å²) in [5, 5.41) is 0.573. The Morgan fingerprint density at radius 1 is 0.927 bits per heavy atom. The van der Waals surface area contributed by atoms with Crippen LogP contribution in [0.5, 0.6) is 5.75 Å². The van der Waals surface area contributed by atoms with Crippen LogP contribution in [0.15, 0.2) is 54.6 Å². The van der Waals surface area contributed by atoms with Crippen LogP contribution in [0.25, 0.3) is 10.9 Å². The Morgan fingerprint density at radius 3 is 2.24 bits per heavy atom. The number of carbonyl (C=O) groups is 4. The predicted molar refractivity (Wildman–Crippen MR) is 150 cm³/mol. The number of piperazine rings is 1. The molecule has 2 N–H and O–H groups in total. The van der Waals surface area contributed by atoms with E-state index in [0.29, 0.717) is 10.9 Å². The number of pyridine rings is 1. The fourth-order valence-electron chi connectivity index (χ4n) is 4.90. The average molecular weight is 563 g/mol. The Morgan fingerprint density at radius 2 is 1.59 bits per heavy atom. The molecule has 0 spiro atoms. The first kappa shape index (κ1) is 29.3. The lowest BCUT2D eigenvalue weighted by Gasteiger charge is -2.36. The van der Waals surface area contributed by atoms with Gasteiger partial charge in [0.15, 0.2) is 0 Å². The number of hydrogen-bond donors (Lipinski definition) is 1. The smallest absolute Gasteiger partial charge is 0.409 e. The zero-order chi connectivity index (χ0) is 29.4. The van der Waals surface area contributed by atoms with E-state index in [-0.39, 0.29) is 75.1 Å². The molecule has 2 heterocycles. The van der Waals surface area contributed by atoms with Crippen molar-refractivity contribution in [2.45, 2.75) is 32.3 Å². The average Bonchev–Trinajstić information content (AvgIpc) is 2.99. The maximum atomic E-state index is 14.0. The van der Waals surface area contributed by atoms with Gasteiger partial charge in [-0.3, -0.25) is 19.4 Å². The number of nitrogens with two attached hydrogens (primary N) is 1. The van der Waals surface area contributed by atoms with Crippen LogP contribution in [-0.4, -0.2) is 78.6 Å². The van der Waals surface area contributed by atoms with E-state index in [9.17, 15) is 19.2 Å². The number of methoxy groups -OCH3 is 1. The second-order valence-corrected chi connectivity index (χ2v) is 9.54. The predicted octanol–water partition coefficient (Wildman–Crippen LogP) is 3.25. The second kappa shape index (κ2) is 13.6. The quantitative estimate of drug-likeness (QED) is 0.371. The summed E-state index contributed by atoms with van der Waals surface area (Å²) in [6.45, 7) is 3.16. The van der Waals surface area contributed by atoms with Gasteiger partial charge in [0, 0.05) is 38.0 Å². The zero-order valence-corrected chi connectivity index (χ0v) is 23.2. The van der Waals surface area contributed by atoms with E-state index < -0.39 is 23.9 Å². The van der Waals surface area contributed by atoms with Crippen LogP contribution in [-0.2, 0) is 25.7 Å². The van der Waals surface area contributed by atoms with Crippen LogP contribution in [0.2, 0.25) is 0 Å². The van der Waals surface area contributed by atoms with Crippen molar-refractivity contribution >= 4 is 34.8 Å². The first-order chi connectivity index (χ1) is 19.8. The Labute approximate surface area is 238 Å². The minimum Gasteiger partial charge on any atom is -0.495 e. The van der Waals surface area contributed by atoms with Crippen molar-refractivity contribution in [3.63, 3.8) is 0 Å². The molecule has 0 saturated carbocycles. The number of benzene rings is 2. The van der Waals surface area contributed by atoms with Crippen LogP contribution in [0.4, 0.5) is 4.79 Å². The molecule has 1 unspecified atom stereocenters. The molecule has 216 valence electrons. The normalized spacial score (nSPS) is 13.9. The number of esters is 1. The van der Waals surface area contributed by atoms with E-state index in [1.54, 1.807) is 36.1 Å². The van der Waals surface area contributed by atoms with E-state index >= 15 is 0 Å². The molecule has 3 aromatic rings. The van der Waals surface area contributed by atoms with Crippen molar-refractivity contribution < 1.29 is 33.4 Å². The van der Waals surface area contributed by atoms with E-state index in [2.05, 4.69) is 0 Å². The van der Waals surface area contributed by atoms with Crippen LogP contribution in [0.1, 0.15) is 47.3 Å². The fourth-order valence-corrected chi connectivity index (χ4v) is 4.90. The SMILES string of the molecule is CCOC(=O)N1CCN(C(=O)C(CCC(=O)OCc2ccccc2)c2nc3ccccc3c(OC)c2C(N)=O)CC1. The zero-order valence-electron chi connectivity index (χ0n) is 23.2. The van der Waals surface area contributed by atoms with E-state index in [0.717, 1.165) is 5.56 Å². The first-order valence-corrected chi connectivity index (χ1v) is 13.5. The van der Waals surface area contributed by atoms with Gasteiger partial charge in [-0.1, -0.05) is 42.5 Å². The number of para-hydroxylation sites is 1. The lowest BCUT2D eigenvalue weighted by atomic mass is 9.91. The van der Waals surface area contributed by atoms with Gasteiger partial charge < -0.3 is 29.7 Å². The van der Waals surface area contributed by atoms with Gasteiger partial charge in [-0.15, -0.1) is 0 Å². The molecule has 4 rings (SSSR count). The van der Waals surface area contributed by atoms with Crippen LogP contribution >= 0.6 is 0 Å². The number of amides is 3. The van der Waals surface area contributed by atoms with Crippen LogP contribution < -0.4 is 10.5 Å². The molecule has 0 aliphatic carbocycles. The summed E-state index contributed by atoms with van der Waals surface area (Å²) in [5.74, 6) is -2.40. The molecule has 1 aliphatic heterocycles. The lowest BCUT2D eigenvalue weighted by Crippen LogP contribution is -2.52. The van der Waals surface area contributed by atoms with Crippen molar-refractivity contribution in [2.24, 2.45) is 5.73 Å². The van der Waals surface area contributed by atoms with Crippen molar-refractivity contribution in [3.05, 3.63) is 71.4 Å². The second-order valence-electron chi connectivity index (χ2n) is 9.54. The lowest BCUT2D eigenvalue weighted by molar-refractivity contribution is -0.145. The molecule has 0 radical (unpaired) electrons. The number of fused-ring (bicyclic) bond motifs is 1. The summed E-state index contributed by atoms with van der Waals surface area (Å²) in [6.07, 6.45) is -0.505. The number of aromatic nitrogens is 1. The van der Waals surface area contributed by atoms with Gasteiger partial charge in [-0.2, -0.15) is 0 Å². The Balaban J connectivity index is 1.63. The summed E-state index contributed by atoms with van der Waals surface area (Å²) in [5.41, 5.74) is 7.30. The number of hydrogen-bond acceptors (Lipinski definition) is 8. The van der Waals surface area contributed by atoms with Gasteiger partial charge in [0.2, 0.25) is 5.91 Å². The van der Waals surface area contributed by atoms with Crippen molar-refractivity contribution in [1.29, 1.82) is 0 Å². The van der Waals surface area contributed by atoms with E-state index in [4.69, 9.17) is 24.9 Å². The van der Waals surface area contributed by atoms with Crippen molar-refractivity contribution in [2.75, 3.05) is 39.9 Å².